The number of nitrogens with zero attached hydrogens (tertiary/aromatic N) is 2. The van der Waals surface area contributed by atoms with Crippen molar-refractivity contribution in [1.29, 1.82) is 0 Å². The van der Waals surface area contributed by atoms with E-state index in [2.05, 4.69) is 5.10 Å². The van der Waals surface area contributed by atoms with Crippen LogP contribution in [-0.4, -0.2) is 16.1 Å². The molecule has 2 rings (SSSR count). The first-order chi connectivity index (χ1) is 8.61. The molecule has 1 aromatic heterocycles. The molecule has 2 aromatic rings. The van der Waals surface area contributed by atoms with Crippen molar-refractivity contribution in [2.45, 2.75) is 12.8 Å². The van der Waals surface area contributed by atoms with Gasteiger partial charge in [0.15, 0.2) is 5.69 Å². The smallest absolute Gasteiger partial charge is 0.284 e. The maximum absolute atomic E-state index is 12.5. The number of hydrogen-bond donors (Lipinski definition) is 1. The van der Waals surface area contributed by atoms with Gasteiger partial charge >= 0.3 is 0 Å². The SMILES string of the molecule is Nc1cn(-c2ccc(CC=O)cc2)nc1C(F)F. The highest BCUT2D eigenvalue weighted by atomic mass is 19.3. The Morgan fingerprint density at radius 1 is 1.33 bits per heavy atom. The number of hydrogen-bond acceptors (Lipinski definition) is 3. The molecule has 0 fully saturated rings. The van der Waals surface area contributed by atoms with Gasteiger partial charge < -0.3 is 10.5 Å². The minimum absolute atomic E-state index is 0.0398. The zero-order valence-corrected chi connectivity index (χ0v) is 9.38. The molecule has 1 aromatic carbocycles. The van der Waals surface area contributed by atoms with E-state index >= 15 is 0 Å². The first-order valence-electron chi connectivity index (χ1n) is 5.28. The fourth-order valence-electron chi connectivity index (χ4n) is 1.58. The van der Waals surface area contributed by atoms with Crippen molar-refractivity contribution in [2.24, 2.45) is 0 Å². The molecule has 18 heavy (non-hydrogen) atoms. The summed E-state index contributed by atoms with van der Waals surface area (Å²) in [6.07, 6.45) is -0.226. The highest BCUT2D eigenvalue weighted by Gasteiger charge is 2.16. The Hall–Kier alpha value is -2.24. The van der Waals surface area contributed by atoms with Crippen LogP contribution < -0.4 is 5.73 Å². The van der Waals surface area contributed by atoms with E-state index in [1.54, 1.807) is 24.3 Å². The number of aldehydes is 1. The molecule has 0 unspecified atom stereocenters. The van der Waals surface area contributed by atoms with Crippen LogP contribution >= 0.6 is 0 Å². The van der Waals surface area contributed by atoms with Gasteiger partial charge in [-0.3, -0.25) is 0 Å². The highest BCUT2D eigenvalue weighted by molar-refractivity contribution is 5.55. The van der Waals surface area contributed by atoms with Crippen molar-refractivity contribution in [3.63, 3.8) is 0 Å². The molecular formula is C12H11F2N3O. The minimum Gasteiger partial charge on any atom is -0.396 e. The summed E-state index contributed by atoms with van der Waals surface area (Å²) >= 11 is 0. The molecule has 0 radical (unpaired) electrons. The van der Waals surface area contributed by atoms with Gasteiger partial charge in [-0.1, -0.05) is 12.1 Å². The number of halogens is 2. The molecule has 0 aliphatic carbocycles. The first kappa shape index (κ1) is 12.2. The summed E-state index contributed by atoms with van der Waals surface area (Å²) in [4.78, 5) is 10.3. The lowest BCUT2D eigenvalue weighted by molar-refractivity contribution is -0.107. The molecule has 6 heteroatoms. The van der Waals surface area contributed by atoms with Gasteiger partial charge in [0.25, 0.3) is 6.43 Å². The normalized spacial score (nSPS) is 10.8. The molecule has 0 aliphatic heterocycles. The summed E-state index contributed by atoms with van der Waals surface area (Å²) in [5.41, 5.74) is 6.45. The Bertz CT molecular complexity index is 549. The van der Waals surface area contributed by atoms with Gasteiger partial charge in [-0.15, -0.1) is 0 Å². The van der Waals surface area contributed by atoms with Crippen LogP contribution in [0.1, 0.15) is 17.7 Å². The minimum atomic E-state index is -2.69. The number of nitrogens with two attached hydrogens (primary N) is 1. The second-order valence-corrected chi connectivity index (χ2v) is 3.75. The monoisotopic (exact) mass is 251 g/mol. The Morgan fingerprint density at radius 2 is 2.00 bits per heavy atom. The molecular weight excluding hydrogens is 240 g/mol. The fourth-order valence-corrected chi connectivity index (χ4v) is 1.58. The molecule has 0 aliphatic rings. The van der Waals surface area contributed by atoms with Crippen molar-refractivity contribution in [2.75, 3.05) is 5.73 Å². The molecule has 0 bridgehead atoms. The van der Waals surface area contributed by atoms with Gasteiger partial charge in [0.1, 0.15) is 6.29 Å². The van der Waals surface area contributed by atoms with E-state index in [4.69, 9.17) is 5.73 Å². The Labute approximate surface area is 102 Å². The fraction of sp³-hybridized carbons (Fsp3) is 0.167. The van der Waals surface area contributed by atoms with E-state index in [-0.39, 0.29) is 5.69 Å². The average Bonchev–Trinajstić information content (AvgIpc) is 2.73. The zero-order chi connectivity index (χ0) is 13.1. The maximum atomic E-state index is 12.5. The number of aromatic nitrogens is 2. The van der Waals surface area contributed by atoms with Gasteiger partial charge in [0.2, 0.25) is 0 Å². The largest absolute Gasteiger partial charge is 0.396 e. The number of anilines is 1. The second-order valence-electron chi connectivity index (χ2n) is 3.75. The number of alkyl halides is 2. The maximum Gasteiger partial charge on any atom is 0.284 e. The lowest BCUT2D eigenvalue weighted by atomic mass is 10.1. The summed E-state index contributed by atoms with van der Waals surface area (Å²) in [6, 6.07) is 6.87. The van der Waals surface area contributed by atoms with Gasteiger partial charge in [0, 0.05) is 6.42 Å². The quantitative estimate of drug-likeness (QED) is 0.847. The van der Waals surface area contributed by atoms with Crippen LogP contribution in [0.2, 0.25) is 0 Å². The number of nitrogen functional groups attached to an aromatic ring is 1. The first-order valence-corrected chi connectivity index (χ1v) is 5.28. The topological polar surface area (TPSA) is 60.9 Å². The molecule has 2 N–H and O–H groups in total. The van der Waals surface area contributed by atoms with Crippen molar-refractivity contribution in [3.8, 4) is 5.69 Å². The third-order valence-corrected chi connectivity index (χ3v) is 2.50. The molecule has 0 atom stereocenters. The number of carbonyl (C=O) groups excluding carboxylic acids is 1. The van der Waals surface area contributed by atoms with Crippen molar-refractivity contribution < 1.29 is 13.6 Å². The third-order valence-electron chi connectivity index (χ3n) is 2.50. The van der Waals surface area contributed by atoms with Crippen molar-refractivity contribution in [1.82, 2.24) is 9.78 Å². The van der Waals surface area contributed by atoms with Crippen LogP contribution in [0.5, 0.6) is 0 Å². The molecule has 0 saturated heterocycles. The van der Waals surface area contributed by atoms with Crippen LogP contribution in [0, 0.1) is 0 Å². The lowest BCUT2D eigenvalue weighted by Crippen LogP contribution is -1.97. The predicted octanol–water partition coefficient (Wildman–Crippen LogP) is 2.13. The molecule has 0 saturated carbocycles. The van der Waals surface area contributed by atoms with E-state index in [9.17, 15) is 13.6 Å². The number of rotatable bonds is 4. The standard InChI is InChI=1S/C12H11F2N3O/c13-12(14)11-10(15)7-17(16-11)9-3-1-8(2-4-9)5-6-18/h1-4,6-7,12H,5,15H2. The van der Waals surface area contributed by atoms with E-state index in [0.717, 1.165) is 11.8 Å². The Kier molecular flexibility index (Phi) is 3.36. The van der Waals surface area contributed by atoms with Crippen LogP contribution in [-0.2, 0) is 11.2 Å². The van der Waals surface area contributed by atoms with Crippen LogP contribution in [0.4, 0.5) is 14.5 Å². The summed E-state index contributed by atoms with van der Waals surface area (Å²) in [5, 5.41) is 3.73. The van der Waals surface area contributed by atoms with Gasteiger partial charge in [-0.05, 0) is 17.7 Å². The van der Waals surface area contributed by atoms with Gasteiger partial charge in [-0.2, -0.15) is 5.10 Å². The van der Waals surface area contributed by atoms with Crippen molar-refractivity contribution >= 4 is 12.0 Å². The number of benzene rings is 1. The van der Waals surface area contributed by atoms with E-state index in [1.807, 2.05) is 0 Å². The molecule has 0 amide bonds. The molecule has 1 heterocycles. The zero-order valence-electron chi connectivity index (χ0n) is 9.38. The van der Waals surface area contributed by atoms with Gasteiger partial charge in [0.05, 0.1) is 17.6 Å². The van der Waals surface area contributed by atoms with E-state index in [1.165, 1.54) is 10.9 Å². The third kappa shape index (κ3) is 2.37. The summed E-state index contributed by atoms with van der Waals surface area (Å²) in [6.45, 7) is 0. The van der Waals surface area contributed by atoms with Crippen LogP contribution in [0.25, 0.3) is 5.69 Å². The van der Waals surface area contributed by atoms with E-state index < -0.39 is 12.1 Å². The summed E-state index contributed by atoms with van der Waals surface area (Å²) < 4.78 is 26.3. The second kappa shape index (κ2) is 4.95. The highest BCUT2D eigenvalue weighted by Crippen LogP contribution is 2.24. The van der Waals surface area contributed by atoms with E-state index in [0.29, 0.717) is 12.1 Å². The van der Waals surface area contributed by atoms with Crippen LogP contribution in [0.3, 0.4) is 0 Å². The molecule has 94 valence electrons. The summed E-state index contributed by atoms with van der Waals surface area (Å²) in [7, 11) is 0. The Balaban J connectivity index is 2.31. The number of carbonyl (C=O) groups is 1. The lowest BCUT2D eigenvalue weighted by Gasteiger charge is -2.02. The predicted molar refractivity (Wildman–Crippen MR) is 62.7 cm³/mol. The average molecular weight is 251 g/mol. The van der Waals surface area contributed by atoms with Crippen molar-refractivity contribution in [3.05, 3.63) is 41.7 Å². The Morgan fingerprint density at radius 3 is 2.50 bits per heavy atom. The molecule has 4 nitrogen and oxygen atoms in total. The molecule has 0 spiro atoms. The van der Waals surface area contributed by atoms with Crippen LogP contribution in [0.15, 0.2) is 30.5 Å². The van der Waals surface area contributed by atoms with Gasteiger partial charge in [-0.25, -0.2) is 13.5 Å². The summed E-state index contributed by atoms with van der Waals surface area (Å²) in [5.74, 6) is 0.